The summed E-state index contributed by atoms with van der Waals surface area (Å²) < 4.78 is 41.2. The van der Waals surface area contributed by atoms with Gasteiger partial charge in [-0.05, 0) is 52.0 Å². The van der Waals surface area contributed by atoms with Gasteiger partial charge in [0.1, 0.15) is 11.6 Å². The van der Waals surface area contributed by atoms with Gasteiger partial charge in [0.05, 0.1) is 29.0 Å². The third kappa shape index (κ3) is 3.01. The van der Waals surface area contributed by atoms with Gasteiger partial charge in [-0.2, -0.15) is 0 Å². The number of halogens is 2. The van der Waals surface area contributed by atoms with Crippen molar-refractivity contribution in [1.29, 1.82) is 0 Å². The molecule has 0 aliphatic carbocycles. The number of benzene rings is 1. The molecule has 1 amide bonds. The van der Waals surface area contributed by atoms with Crippen LogP contribution in [-0.4, -0.2) is 34.1 Å². The van der Waals surface area contributed by atoms with Crippen molar-refractivity contribution in [3.05, 3.63) is 58.9 Å². The summed E-state index contributed by atoms with van der Waals surface area (Å²) in [6.45, 7) is 7.62. The molecule has 0 bridgehead atoms. The van der Waals surface area contributed by atoms with E-state index in [4.69, 9.17) is 9.31 Å². The minimum absolute atomic E-state index is 0.0117. The monoisotopic (exact) mass is 386 g/mol. The minimum Gasteiger partial charge on any atom is -0.399 e. The molecule has 0 unspecified atom stereocenters. The van der Waals surface area contributed by atoms with Crippen LogP contribution in [0.5, 0.6) is 0 Å². The van der Waals surface area contributed by atoms with Crippen LogP contribution >= 0.6 is 0 Å². The van der Waals surface area contributed by atoms with Gasteiger partial charge in [-0.25, -0.2) is 8.78 Å². The van der Waals surface area contributed by atoms with Crippen molar-refractivity contribution in [3.8, 4) is 0 Å². The van der Waals surface area contributed by atoms with Crippen molar-refractivity contribution in [2.75, 3.05) is 0 Å². The van der Waals surface area contributed by atoms with Crippen LogP contribution in [0.25, 0.3) is 0 Å². The molecule has 146 valence electrons. The SMILES string of the molecule is CC1(C)OB(c2cc(F)c(CN3Cc4ncccc4C3=O)cc2F)OC1(C)C. The summed E-state index contributed by atoms with van der Waals surface area (Å²) in [7, 11) is -0.990. The molecule has 3 heterocycles. The number of aromatic nitrogens is 1. The van der Waals surface area contributed by atoms with Crippen LogP contribution in [-0.2, 0) is 22.4 Å². The molecule has 1 aromatic heterocycles. The van der Waals surface area contributed by atoms with E-state index in [1.807, 2.05) is 27.7 Å². The number of rotatable bonds is 3. The highest BCUT2D eigenvalue weighted by atomic mass is 19.1. The van der Waals surface area contributed by atoms with Gasteiger partial charge in [-0.1, -0.05) is 0 Å². The molecule has 28 heavy (non-hydrogen) atoms. The first-order chi connectivity index (χ1) is 13.1. The van der Waals surface area contributed by atoms with E-state index in [1.54, 1.807) is 18.3 Å². The molecule has 2 aliphatic heterocycles. The van der Waals surface area contributed by atoms with E-state index in [1.165, 1.54) is 4.90 Å². The fourth-order valence-electron chi connectivity index (χ4n) is 3.39. The molecule has 1 fully saturated rings. The van der Waals surface area contributed by atoms with Gasteiger partial charge in [-0.15, -0.1) is 0 Å². The predicted octanol–water partition coefficient (Wildman–Crippen LogP) is 2.82. The summed E-state index contributed by atoms with van der Waals surface area (Å²) in [5.41, 5.74) is -0.0593. The number of hydrogen-bond donors (Lipinski definition) is 0. The quantitative estimate of drug-likeness (QED) is 0.762. The van der Waals surface area contributed by atoms with Crippen molar-refractivity contribution in [1.82, 2.24) is 9.88 Å². The van der Waals surface area contributed by atoms with E-state index in [0.717, 1.165) is 12.1 Å². The van der Waals surface area contributed by atoms with Crippen molar-refractivity contribution >= 4 is 18.5 Å². The molecule has 0 spiro atoms. The summed E-state index contributed by atoms with van der Waals surface area (Å²) in [5.74, 6) is -1.47. The fourth-order valence-corrected chi connectivity index (χ4v) is 3.39. The van der Waals surface area contributed by atoms with E-state index in [9.17, 15) is 13.6 Å². The largest absolute Gasteiger partial charge is 0.497 e. The molecule has 0 saturated carbocycles. The highest BCUT2D eigenvalue weighted by molar-refractivity contribution is 6.62. The van der Waals surface area contributed by atoms with Gasteiger partial charge in [0, 0.05) is 23.8 Å². The molecule has 5 nitrogen and oxygen atoms in total. The Morgan fingerprint density at radius 2 is 1.82 bits per heavy atom. The van der Waals surface area contributed by atoms with Gasteiger partial charge in [0.15, 0.2) is 0 Å². The lowest BCUT2D eigenvalue weighted by Crippen LogP contribution is -2.41. The smallest absolute Gasteiger partial charge is 0.399 e. The molecule has 2 aliphatic rings. The highest BCUT2D eigenvalue weighted by Gasteiger charge is 2.52. The summed E-state index contributed by atoms with van der Waals surface area (Å²) in [4.78, 5) is 18.1. The van der Waals surface area contributed by atoms with Gasteiger partial charge in [0.25, 0.3) is 5.91 Å². The van der Waals surface area contributed by atoms with Crippen LogP contribution in [0.4, 0.5) is 8.78 Å². The Kier molecular flexibility index (Phi) is 4.32. The van der Waals surface area contributed by atoms with Gasteiger partial charge in [0.2, 0.25) is 0 Å². The van der Waals surface area contributed by atoms with E-state index < -0.39 is 30.0 Å². The van der Waals surface area contributed by atoms with E-state index >= 15 is 0 Å². The Hall–Kier alpha value is -2.32. The zero-order valence-corrected chi connectivity index (χ0v) is 16.3. The molecule has 1 aromatic carbocycles. The van der Waals surface area contributed by atoms with Crippen LogP contribution in [0.2, 0.25) is 0 Å². The van der Waals surface area contributed by atoms with Crippen molar-refractivity contribution in [2.45, 2.75) is 52.0 Å². The van der Waals surface area contributed by atoms with Gasteiger partial charge < -0.3 is 14.2 Å². The number of carbonyl (C=O) groups excluding carboxylic acids is 1. The number of carbonyl (C=O) groups is 1. The predicted molar refractivity (Wildman–Crippen MR) is 99.9 cm³/mol. The molecule has 0 radical (unpaired) electrons. The highest BCUT2D eigenvalue weighted by Crippen LogP contribution is 2.36. The Balaban J connectivity index is 1.57. The van der Waals surface area contributed by atoms with Crippen molar-refractivity contribution < 1.29 is 22.9 Å². The Bertz CT molecular complexity index is 948. The first-order valence-electron chi connectivity index (χ1n) is 9.16. The Labute approximate surface area is 162 Å². The number of hydrogen-bond acceptors (Lipinski definition) is 4. The molecule has 1 saturated heterocycles. The van der Waals surface area contributed by atoms with E-state index in [2.05, 4.69) is 4.98 Å². The van der Waals surface area contributed by atoms with Crippen LogP contribution in [0.1, 0.15) is 49.3 Å². The minimum atomic E-state index is -0.990. The maximum Gasteiger partial charge on any atom is 0.497 e. The second kappa shape index (κ2) is 6.35. The molecule has 0 atom stereocenters. The summed E-state index contributed by atoms with van der Waals surface area (Å²) in [6, 6.07) is 5.57. The fraction of sp³-hybridized carbons (Fsp3) is 0.400. The lowest BCUT2D eigenvalue weighted by atomic mass is 9.78. The molecule has 8 heteroatoms. The third-order valence-corrected chi connectivity index (χ3v) is 5.78. The van der Waals surface area contributed by atoms with Gasteiger partial charge >= 0.3 is 7.12 Å². The third-order valence-electron chi connectivity index (χ3n) is 5.78. The summed E-state index contributed by atoms with van der Waals surface area (Å²) >= 11 is 0. The number of fused-ring (bicyclic) bond motifs is 1. The number of nitrogens with zero attached hydrogens (tertiary/aromatic N) is 2. The Morgan fingerprint density at radius 3 is 2.46 bits per heavy atom. The lowest BCUT2D eigenvalue weighted by molar-refractivity contribution is 0.00578. The average Bonchev–Trinajstić information content (AvgIpc) is 3.04. The summed E-state index contributed by atoms with van der Waals surface area (Å²) in [6.07, 6.45) is 1.61. The first-order valence-corrected chi connectivity index (χ1v) is 9.16. The first kappa shape index (κ1) is 19.0. The molecule has 0 N–H and O–H groups in total. The zero-order valence-electron chi connectivity index (χ0n) is 16.3. The molecule has 4 rings (SSSR count). The van der Waals surface area contributed by atoms with E-state index in [0.29, 0.717) is 11.3 Å². The van der Waals surface area contributed by atoms with Crippen molar-refractivity contribution in [3.63, 3.8) is 0 Å². The second-order valence-corrected chi connectivity index (χ2v) is 8.21. The zero-order chi connectivity index (χ0) is 20.3. The maximum absolute atomic E-state index is 14.8. The topological polar surface area (TPSA) is 51.7 Å². The molecule has 2 aromatic rings. The van der Waals surface area contributed by atoms with Crippen LogP contribution < -0.4 is 5.46 Å². The normalized spacial score (nSPS) is 20.0. The van der Waals surface area contributed by atoms with E-state index in [-0.39, 0.29) is 30.0 Å². The van der Waals surface area contributed by atoms with Crippen LogP contribution in [0.3, 0.4) is 0 Å². The van der Waals surface area contributed by atoms with Gasteiger partial charge in [-0.3, -0.25) is 9.78 Å². The van der Waals surface area contributed by atoms with Crippen LogP contribution in [0, 0.1) is 11.6 Å². The van der Waals surface area contributed by atoms with Crippen molar-refractivity contribution in [2.24, 2.45) is 0 Å². The lowest BCUT2D eigenvalue weighted by Gasteiger charge is -2.32. The Morgan fingerprint density at radius 1 is 1.14 bits per heavy atom. The van der Waals surface area contributed by atoms with Crippen LogP contribution in [0.15, 0.2) is 30.5 Å². The standard InChI is InChI=1S/C20H21BF2N2O3/c1-19(2)20(3,4)28-21(27-19)14-9-15(22)12(8-16(14)23)10-25-11-17-13(18(25)26)6-5-7-24-17/h5-9H,10-11H2,1-4H3. The average molecular weight is 386 g/mol. The maximum atomic E-state index is 14.8. The number of amides is 1. The number of pyridine rings is 1. The molecular formula is C20H21BF2N2O3. The summed E-state index contributed by atoms with van der Waals surface area (Å²) in [5, 5.41) is 0. The molecular weight excluding hydrogens is 365 g/mol. The second-order valence-electron chi connectivity index (χ2n) is 8.21.